The van der Waals surface area contributed by atoms with Gasteiger partial charge in [0.05, 0.1) is 0 Å². The molecule has 7 heteroatoms. The number of ether oxygens (including phenoxy) is 1. The van der Waals surface area contributed by atoms with Crippen molar-refractivity contribution in [2.45, 2.75) is 19.9 Å². The van der Waals surface area contributed by atoms with Gasteiger partial charge in [0.2, 0.25) is 0 Å². The Morgan fingerprint density at radius 3 is 2.60 bits per heavy atom. The third-order valence-corrected chi connectivity index (χ3v) is 3.66. The van der Waals surface area contributed by atoms with Crippen LogP contribution in [0.5, 0.6) is 5.75 Å². The minimum Gasteiger partial charge on any atom is -0.410 e. The summed E-state index contributed by atoms with van der Waals surface area (Å²) in [6, 6.07) is 14.5. The predicted octanol–water partition coefficient (Wildman–Crippen LogP) is 3.56. The smallest absolute Gasteiger partial charge is 0.410 e. The first kappa shape index (κ1) is 16.6. The molecule has 0 spiro atoms. The quantitative estimate of drug-likeness (QED) is 0.728. The highest BCUT2D eigenvalue weighted by Gasteiger charge is 2.17. The maximum absolute atomic E-state index is 12.3. The summed E-state index contributed by atoms with van der Waals surface area (Å²) in [5.74, 6) is 1.61. The van der Waals surface area contributed by atoms with Crippen molar-refractivity contribution in [3.63, 3.8) is 0 Å². The minimum atomic E-state index is -0.513. The standard InChI is InChI=1S/C18H19N5O2/c1-13(2)23-12-19-21-17(23)15-10-7-11-16(20-15)22(3)18(24)25-14-8-5-4-6-9-14/h4-13H,1-3H3. The van der Waals surface area contributed by atoms with Gasteiger partial charge in [-0.05, 0) is 38.1 Å². The summed E-state index contributed by atoms with van der Waals surface area (Å²) in [5.41, 5.74) is 0.642. The minimum absolute atomic E-state index is 0.205. The van der Waals surface area contributed by atoms with Crippen molar-refractivity contribution in [2.75, 3.05) is 11.9 Å². The first-order chi connectivity index (χ1) is 12.1. The van der Waals surface area contributed by atoms with E-state index in [1.807, 2.05) is 36.6 Å². The zero-order valence-electron chi connectivity index (χ0n) is 14.3. The van der Waals surface area contributed by atoms with Gasteiger partial charge in [0, 0.05) is 13.1 Å². The Labute approximate surface area is 145 Å². The van der Waals surface area contributed by atoms with Crippen molar-refractivity contribution in [3.05, 3.63) is 54.9 Å². The van der Waals surface area contributed by atoms with Gasteiger partial charge in [-0.3, -0.25) is 4.90 Å². The van der Waals surface area contributed by atoms with E-state index < -0.39 is 6.09 Å². The van der Waals surface area contributed by atoms with Crippen LogP contribution >= 0.6 is 0 Å². The second kappa shape index (κ2) is 7.12. The van der Waals surface area contributed by atoms with Crippen molar-refractivity contribution in [1.82, 2.24) is 19.7 Å². The molecule has 0 N–H and O–H groups in total. The fraction of sp³-hybridized carbons (Fsp3) is 0.222. The number of hydrogen-bond acceptors (Lipinski definition) is 5. The van der Waals surface area contributed by atoms with Crippen molar-refractivity contribution >= 4 is 11.9 Å². The summed E-state index contributed by atoms with van der Waals surface area (Å²) in [4.78, 5) is 18.2. The molecule has 0 saturated heterocycles. The van der Waals surface area contributed by atoms with Gasteiger partial charge >= 0.3 is 6.09 Å². The lowest BCUT2D eigenvalue weighted by molar-refractivity contribution is 0.209. The third kappa shape index (κ3) is 3.65. The zero-order valence-corrected chi connectivity index (χ0v) is 14.3. The van der Waals surface area contributed by atoms with Gasteiger partial charge in [0.1, 0.15) is 23.6 Å². The van der Waals surface area contributed by atoms with E-state index in [9.17, 15) is 4.79 Å². The molecule has 0 aliphatic rings. The van der Waals surface area contributed by atoms with Crippen LogP contribution in [0.4, 0.5) is 10.6 Å². The molecule has 7 nitrogen and oxygen atoms in total. The molecule has 0 fully saturated rings. The number of aromatic nitrogens is 4. The number of rotatable bonds is 4. The van der Waals surface area contributed by atoms with E-state index in [2.05, 4.69) is 15.2 Å². The lowest BCUT2D eigenvalue weighted by Crippen LogP contribution is -2.30. The van der Waals surface area contributed by atoms with Crippen LogP contribution in [0.1, 0.15) is 19.9 Å². The number of anilines is 1. The Morgan fingerprint density at radius 1 is 1.12 bits per heavy atom. The Kier molecular flexibility index (Phi) is 4.74. The molecule has 1 aromatic carbocycles. The number of hydrogen-bond donors (Lipinski definition) is 0. The summed E-state index contributed by atoms with van der Waals surface area (Å²) in [5, 5.41) is 8.09. The molecule has 2 aromatic heterocycles. The fourth-order valence-corrected chi connectivity index (χ4v) is 2.29. The second-order valence-electron chi connectivity index (χ2n) is 5.78. The number of carbonyl (C=O) groups is 1. The lowest BCUT2D eigenvalue weighted by Gasteiger charge is -2.17. The van der Waals surface area contributed by atoms with E-state index in [4.69, 9.17) is 4.74 Å². The van der Waals surface area contributed by atoms with Crippen molar-refractivity contribution < 1.29 is 9.53 Å². The molecule has 0 saturated carbocycles. The first-order valence-electron chi connectivity index (χ1n) is 7.94. The molecule has 0 bridgehead atoms. The summed E-state index contributed by atoms with van der Waals surface area (Å²) in [6.07, 6.45) is 1.16. The molecule has 3 aromatic rings. The number of amides is 1. The summed E-state index contributed by atoms with van der Waals surface area (Å²) in [6.45, 7) is 4.08. The highest BCUT2D eigenvalue weighted by molar-refractivity contribution is 5.87. The molecular formula is C18H19N5O2. The van der Waals surface area contributed by atoms with E-state index >= 15 is 0 Å². The fourth-order valence-electron chi connectivity index (χ4n) is 2.29. The van der Waals surface area contributed by atoms with Gasteiger partial charge in [0.15, 0.2) is 5.82 Å². The largest absolute Gasteiger partial charge is 0.420 e. The molecule has 0 unspecified atom stereocenters. The molecule has 0 aliphatic heterocycles. The van der Waals surface area contributed by atoms with Gasteiger partial charge in [-0.15, -0.1) is 10.2 Å². The van der Waals surface area contributed by atoms with Crippen LogP contribution in [0.25, 0.3) is 11.5 Å². The lowest BCUT2D eigenvalue weighted by atomic mass is 10.3. The van der Waals surface area contributed by atoms with E-state index in [-0.39, 0.29) is 6.04 Å². The number of para-hydroxylation sites is 1. The Hall–Kier alpha value is -3.22. The maximum Gasteiger partial charge on any atom is 0.420 e. The van der Waals surface area contributed by atoms with Gasteiger partial charge in [-0.1, -0.05) is 24.3 Å². The Bertz CT molecular complexity index is 861. The monoisotopic (exact) mass is 337 g/mol. The van der Waals surface area contributed by atoms with Crippen molar-refractivity contribution in [3.8, 4) is 17.3 Å². The van der Waals surface area contributed by atoms with E-state index in [1.165, 1.54) is 4.90 Å². The highest BCUT2D eigenvalue weighted by Crippen LogP contribution is 2.21. The SMILES string of the molecule is CC(C)n1cnnc1-c1cccc(N(C)C(=O)Oc2ccccc2)n1. The Morgan fingerprint density at radius 2 is 1.88 bits per heavy atom. The topological polar surface area (TPSA) is 73.1 Å². The average molecular weight is 337 g/mol. The second-order valence-corrected chi connectivity index (χ2v) is 5.78. The third-order valence-electron chi connectivity index (χ3n) is 3.66. The molecule has 2 heterocycles. The van der Waals surface area contributed by atoms with Crippen LogP contribution in [0, 0.1) is 0 Å². The maximum atomic E-state index is 12.3. The molecule has 0 aliphatic carbocycles. The summed E-state index contributed by atoms with van der Waals surface area (Å²) in [7, 11) is 1.62. The molecule has 0 atom stereocenters. The molecule has 25 heavy (non-hydrogen) atoms. The van der Waals surface area contributed by atoms with E-state index in [0.29, 0.717) is 23.1 Å². The number of pyridine rings is 1. The molecule has 0 radical (unpaired) electrons. The number of carbonyl (C=O) groups excluding carboxylic acids is 1. The summed E-state index contributed by atoms with van der Waals surface area (Å²) < 4.78 is 7.26. The number of nitrogens with zero attached hydrogens (tertiary/aromatic N) is 5. The van der Waals surface area contributed by atoms with Crippen LogP contribution in [-0.2, 0) is 0 Å². The Balaban J connectivity index is 1.83. The number of benzene rings is 1. The van der Waals surface area contributed by atoms with Gasteiger partial charge in [-0.2, -0.15) is 0 Å². The van der Waals surface area contributed by atoms with Crippen LogP contribution in [0.2, 0.25) is 0 Å². The van der Waals surface area contributed by atoms with Crippen molar-refractivity contribution in [2.24, 2.45) is 0 Å². The van der Waals surface area contributed by atoms with Crippen LogP contribution in [0.3, 0.4) is 0 Å². The van der Waals surface area contributed by atoms with E-state index in [0.717, 1.165) is 0 Å². The predicted molar refractivity (Wildman–Crippen MR) is 94.5 cm³/mol. The van der Waals surface area contributed by atoms with Gasteiger partial charge < -0.3 is 9.30 Å². The van der Waals surface area contributed by atoms with E-state index in [1.54, 1.807) is 43.7 Å². The van der Waals surface area contributed by atoms with Crippen LogP contribution in [-0.4, -0.2) is 32.9 Å². The van der Waals surface area contributed by atoms with Crippen LogP contribution < -0.4 is 9.64 Å². The average Bonchev–Trinajstić information content (AvgIpc) is 3.12. The normalized spacial score (nSPS) is 10.7. The van der Waals surface area contributed by atoms with Crippen LogP contribution in [0.15, 0.2) is 54.9 Å². The molecule has 3 rings (SSSR count). The van der Waals surface area contributed by atoms with Gasteiger partial charge in [0.25, 0.3) is 0 Å². The molecular weight excluding hydrogens is 318 g/mol. The highest BCUT2D eigenvalue weighted by atomic mass is 16.6. The molecule has 128 valence electrons. The first-order valence-corrected chi connectivity index (χ1v) is 7.94. The zero-order chi connectivity index (χ0) is 17.8. The van der Waals surface area contributed by atoms with Gasteiger partial charge in [-0.25, -0.2) is 9.78 Å². The molecule has 1 amide bonds. The summed E-state index contributed by atoms with van der Waals surface area (Å²) >= 11 is 0. The van der Waals surface area contributed by atoms with Crippen molar-refractivity contribution in [1.29, 1.82) is 0 Å².